The van der Waals surface area contributed by atoms with Gasteiger partial charge in [-0.1, -0.05) is 6.07 Å². The molecule has 168 valence electrons. The van der Waals surface area contributed by atoms with Gasteiger partial charge in [-0.25, -0.2) is 17.2 Å². The van der Waals surface area contributed by atoms with E-state index in [1.54, 1.807) is 12.1 Å². The average Bonchev–Trinajstić information content (AvgIpc) is 2.96. The summed E-state index contributed by atoms with van der Waals surface area (Å²) in [6, 6.07) is 8.34. The van der Waals surface area contributed by atoms with Crippen LogP contribution >= 0.6 is 0 Å². The Morgan fingerprint density at radius 3 is 2.45 bits per heavy atom. The highest BCUT2D eigenvalue weighted by atomic mass is 32.2. The van der Waals surface area contributed by atoms with Gasteiger partial charge in [-0.05, 0) is 31.2 Å². The summed E-state index contributed by atoms with van der Waals surface area (Å²) in [5, 5.41) is 2.58. The fraction of sp³-hybridized carbons (Fsp3) is 0.381. The smallest absolute Gasteiger partial charge is 0.243 e. The normalized spacial score (nSPS) is 16.0. The maximum atomic E-state index is 14.3. The predicted octanol–water partition coefficient (Wildman–Crippen LogP) is 2.83. The van der Waals surface area contributed by atoms with E-state index >= 15 is 0 Å². The van der Waals surface area contributed by atoms with Crippen molar-refractivity contribution in [3.8, 4) is 5.75 Å². The van der Waals surface area contributed by atoms with Crippen LogP contribution in [0.25, 0.3) is 0 Å². The van der Waals surface area contributed by atoms with E-state index in [2.05, 4.69) is 5.32 Å². The minimum absolute atomic E-state index is 0.0353. The van der Waals surface area contributed by atoms with Crippen LogP contribution in [0.4, 0.5) is 14.5 Å². The molecule has 1 fully saturated rings. The van der Waals surface area contributed by atoms with Gasteiger partial charge in [-0.2, -0.15) is 4.31 Å². The standard InChI is InChI=1S/C21H25F2N3O4S/c1-15(27)24-16-5-3-6-18(11-16)31(28,29)26-8-4-7-25(9-10-26)14-19-20(22)12-17(30-2)13-21(19)23/h3,5-6,11-13H,4,7-10,14H2,1-2H3,(H,24,27). The third kappa shape index (κ3) is 5.57. The van der Waals surface area contributed by atoms with Crippen molar-refractivity contribution in [3.63, 3.8) is 0 Å². The number of nitrogens with one attached hydrogen (secondary N) is 1. The molecule has 31 heavy (non-hydrogen) atoms. The SMILES string of the molecule is COc1cc(F)c(CN2CCCN(S(=O)(=O)c3cccc(NC(C)=O)c3)CC2)c(F)c1. The van der Waals surface area contributed by atoms with E-state index in [0.29, 0.717) is 25.2 Å². The average molecular weight is 454 g/mol. The second kappa shape index (κ2) is 9.71. The number of ether oxygens (including phenoxy) is 1. The lowest BCUT2D eigenvalue weighted by molar-refractivity contribution is -0.114. The number of carbonyl (C=O) groups excluding carboxylic acids is 1. The van der Waals surface area contributed by atoms with E-state index < -0.39 is 21.7 Å². The number of hydrogen-bond acceptors (Lipinski definition) is 5. The summed E-state index contributed by atoms with van der Waals surface area (Å²) in [4.78, 5) is 13.2. The van der Waals surface area contributed by atoms with E-state index in [9.17, 15) is 22.0 Å². The summed E-state index contributed by atoms with van der Waals surface area (Å²) < 4.78 is 61.0. The lowest BCUT2D eigenvalue weighted by Crippen LogP contribution is -2.35. The van der Waals surface area contributed by atoms with Gasteiger partial charge in [0, 0.05) is 56.5 Å². The van der Waals surface area contributed by atoms with Crippen LogP contribution in [-0.2, 0) is 21.4 Å². The zero-order chi connectivity index (χ0) is 22.6. The molecule has 2 aromatic rings. The first-order chi connectivity index (χ1) is 14.7. The van der Waals surface area contributed by atoms with Crippen LogP contribution in [0.2, 0.25) is 0 Å². The predicted molar refractivity (Wildman–Crippen MR) is 112 cm³/mol. The zero-order valence-corrected chi connectivity index (χ0v) is 18.2. The fourth-order valence-corrected chi connectivity index (χ4v) is 5.02. The number of nitrogens with zero attached hydrogens (tertiary/aromatic N) is 2. The highest BCUT2D eigenvalue weighted by molar-refractivity contribution is 7.89. The lowest BCUT2D eigenvalue weighted by Gasteiger charge is -2.22. The van der Waals surface area contributed by atoms with Gasteiger partial charge >= 0.3 is 0 Å². The van der Waals surface area contributed by atoms with Gasteiger partial charge in [-0.3, -0.25) is 9.69 Å². The molecule has 1 aliphatic rings. The molecule has 1 saturated heterocycles. The Balaban J connectivity index is 1.72. The Morgan fingerprint density at radius 2 is 1.81 bits per heavy atom. The molecule has 1 N–H and O–H groups in total. The van der Waals surface area contributed by atoms with E-state index in [1.807, 2.05) is 4.90 Å². The van der Waals surface area contributed by atoms with Crippen molar-refractivity contribution in [2.24, 2.45) is 0 Å². The molecule has 7 nitrogen and oxygen atoms in total. The van der Waals surface area contributed by atoms with E-state index in [4.69, 9.17) is 4.74 Å². The van der Waals surface area contributed by atoms with Crippen LogP contribution in [0.1, 0.15) is 18.9 Å². The van der Waals surface area contributed by atoms with Crippen LogP contribution in [0, 0.1) is 11.6 Å². The molecular formula is C21H25F2N3O4S. The van der Waals surface area contributed by atoms with Gasteiger partial charge < -0.3 is 10.1 Å². The number of sulfonamides is 1. The summed E-state index contributed by atoms with van der Waals surface area (Å²) >= 11 is 0. The van der Waals surface area contributed by atoms with E-state index in [0.717, 1.165) is 12.1 Å². The quantitative estimate of drug-likeness (QED) is 0.728. The Kier molecular flexibility index (Phi) is 7.24. The number of rotatable bonds is 6. The van der Waals surface area contributed by atoms with E-state index in [1.165, 1.54) is 30.5 Å². The molecule has 0 unspecified atom stereocenters. The molecule has 0 saturated carbocycles. The van der Waals surface area contributed by atoms with Crippen molar-refractivity contribution in [2.45, 2.75) is 24.8 Å². The number of methoxy groups -OCH3 is 1. The van der Waals surface area contributed by atoms with Crippen molar-refractivity contribution < 1.29 is 26.7 Å². The Labute approximate surface area is 180 Å². The highest BCUT2D eigenvalue weighted by Crippen LogP contribution is 2.24. The van der Waals surface area contributed by atoms with Crippen molar-refractivity contribution in [3.05, 3.63) is 53.6 Å². The van der Waals surface area contributed by atoms with Crippen LogP contribution in [-0.4, -0.2) is 56.8 Å². The molecule has 10 heteroatoms. The molecule has 0 spiro atoms. The van der Waals surface area contributed by atoms with Crippen LogP contribution in [0.3, 0.4) is 0 Å². The van der Waals surface area contributed by atoms with Crippen LogP contribution < -0.4 is 10.1 Å². The lowest BCUT2D eigenvalue weighted by atomic mass is 10.1. The maximum absolute atomic E-state index is 14.3. The monoisotopic (exact) mass is 453 g/mol. The molecule has 0 atom stereocenters. The summed E-state index contributed by atoms with van der Waals surface area (Å²) in [5.41, 5.74) is 0.329. The number of amides is 1. The molecule has 0 aromatic heterocycles. The Morgan fingerprint density at radius 1 is 1.10 bits per heavy atom. The molecule has 0 bridgehead atoms. The maximum Gasteiger partial charge on any atom is 0.243 e. The van der Waals surface area contributed by atoms with Crippen molar-refractivity contribution in [2.75, 3.05) is 38.6 Å². The van der Waals surface area contributed by atoms with E-state index in [-0.39, 0.29) is 41.7 Å². The third-order valence-corrected chi connectivity index (χ3v) is 6.97. The number of benzene rings is 2. The molecule has 2 aromatic carbocycles. The fourth-order valence-electron chi connectivity index (χ4n) is 3.50. The van der Waals surface area contributed by atoms with Crippen molar-refractivity contribution >= 4 is 21.6 Å². The van der Waals surface area contributed by atoms with Gasteiger partial charge in [0.05, 0.1) is 12.0 Å². The third-order valence-electron chi connectivity index (χ3n) is 5.07. The Bertz CT molecular complexity index is 1040. The first-order valence-electron chi connectivity index (χ1n) is 9.83. The molecule has 3 rings (SSSR count). The largest absolute Gasteiger partial charge is 0.497 e. The van der Waals surface area contributed by atoms with Crippen molar-refractivity contribution in [1.29, 1.82) is 0 Å². The zero-order valence-electron chi connectivity index (χ0n) is 17.4. The molecule has 1 amide bonds. The molecule has 1 aliphatic heterocycles. The second-order valence-electron chi connectivity index (χ2n) is 7.31. The summed E-state index contributed by atoms with van der Waals surface area (Å²) in [7, 11) is -2.44. The highest BCUT2D eigenvalue weighted by Gasteiger charge is 2.28. The van der Waals surface area contributed by atoms with Gasteiger partial charge in [0.2, 0.25) is 15.9 Å². The van der Waals surface area contributed by atoms with Crippen molar-refractivity contribution in [1.82, 2.24) is 9.21 Å². The van der Waals surface area contributed by atoms with Gasteiger partial charge in [-0.15, -0.1) is 0 Å². The minimum Gasteiger partial charge on any atom is -0.497 e. The molecule has 1 heterocycles. The topological polar surface area (TPSA) is 79.0 Å². The number of hydrogen-bond donors (Lipinski definition) is 1. The summed E-state index contributed by atoms with van der Waals surface area (Å²) in [6.45, 7) is 2.69. The number of halogens is 2. The Hall–Kier alpha value is -2.56. The number of carbonyl (C=O) groups is 1. The van der Waals surface area contributed by atoms with Gasteiger partial charge in [0.1, 0.15) is 17.4 Å². The second-order valence-corrected chi connectivity index (χ2v) is 9.25. The van der Waals surface area contributed by atoms with Gasteiger partial charge in [0.25, 0.3) is 0 Å². The number of anilines is 1. The minimum atomic E-state index is -3.77. The molecule has 0 radical (unpaired) electrons. The first kappa shape index (κ1) is 23.1. The first-order valence-corrected chi connectivity index (χ1v) is 11.3. The molecule has 0 aliphatic carbocycles. The summed E-state index contributed by atoms with van der Waals surface area (Å²) in [5.74, 6) is -1.58. The molecular weight excluding hydrogens is 428 g/mol. The summed E-state index contributed by atoms with van der Waals surface area (Å²) in [6.07, 6.45) is 0.518. The van der Waals surface area contributed by atoms with Crippen LogP contribution in [0.15, 0.2) is 41.3 Å². The van der Waals surface area contributed by atoms with Crippen LogP contribution in [0.5, 0.6) is 5.75 Å². The van der Waals surface area contributed by atoms with Gasteiger partial charge in [0.15, 0.2) is 0 Å².